The molecule has 2 N–H and O–H groups in total. The second-order valence-electron chi connectivity index (χ2n) is 16.8. The fourth-order valence-electron chi connectivity index (χ4n) is 13.0. The van der Waals surface area contributed by atoms with Gasteiger partial charge in [0.1, 0.15) is 30.5 Å². The molecule has 50 heavy (non-hydrogen) atoms. The van der Waals surface area contributed by atoms with Crippen LogP contribution in [0.4, 0.5) is 0 Å². The standard InChI is InChI=1S/C35H44O15/c1-11-18-21(33(7)34(8,43)30(42)50-35(33)27(11)49-35)23(41)19-17-20(26(45-12(2)37)29(32(18,19)6)47-14(4)39)31(5)15(24(22(17)40)44-10-36)9-16-25(48-16)28(31)46-13(3)38/h10-11,15-21,23-29,41,43H,9H2,1-8H3/t11-,15+,16-,17-,18-,19+,20+,21-,23+,24?,25-,26-,27+,28-,29-,31-,32+,33-,34+,35-/m0/s1. The molecule has 274 valence electrons. The monoisotopic (exact) mass is 704 g/mol. The number of hydrogen-bond acceptors (Lipinski definition) is 15. The van der Waals surface area contributed by atoms with Gasteiger partial charge >= 0.3 is 23.9 Å². The number of hydrogen-bond donors (Lipinski definition) is 2. The van der Waals surface area contributed by atoms with Crippen LogP contribution in [0.5, 0.6) is 0 Å². The van der Waals surface area contributed by atoms with E-state index in [0.717, 1.165) is 0 Å². The Kier molecular flexibility index (Phi) is 6.82. The van der Waals surface area contributed by atoms with Crippen LogP contribution in [0, 0.1) is 57.7 Å². The molecule has 5 aliphatic carbocycles. The van der Waals surface area contributed by atoms with Gasteiger partial charge in [-0.25, -0.2) is 4.79 Å². The smallest absolute Gasteiger partial charge is 0.341 e. The maximum atomic E-state index is 15.1. The Morgan fingerprint density at radius 2 is 1.50 bits per heavy atom. The van der Waals surface area contributed by atoms with Gasteiger partial charge in [0.15, 0.2) is 17.5 Å². The van der Waals surface area contributed by atoms with Crippen molar-refractivity contribution in [1.29, 1.82) is 0 Å². The maximum absolute atomic E-state index is 15.1. The molecule has 3 heterocycles. The van der Waals surface area contributed by atoms with Gasteiger partial charge in [0.25, 0.3) is 6.47 Å². The van der Waals surface area contributed by atoms with E-state index in [-0.39, 0.29) is 12.9 Å². The molecular formula is C35H44O15. The Morgan fingerprint density at radius 3 is 2.10 bits per heavy atom. The molecule has 1 spiro atoms. The van der Waals surface area contributed by atoms with Crippen LogP contribution >= 0.6 is 0 Å². The van der Waals surface area contributed by atoms with Crippen molar-refractivity contribution in [3.8, 4) is 0 Å². The minimum absolute atomic E-state index is 0.193. The minimum atomic E-state index is -2.14. The lowest BCUT2D eigenvalue weighted by atomic mass is 9.41. The van der Waals surface area contributed by atoms with Crippen LogP contribution in [0.3, 0.4) is 0 Å². The van der Waals surface area contributed by atoms with E-state index in [1.54, 1.807) is 20.8 Å². The normalized spacial score (nSPS) is 57.5. The van der Waals surface area contributed by atoms with Gasteiger partial charge in [-0.05, 0) is 32.1 Å². The molecule has 8 fully saturated rings. The first-order valence-corrected chi connectivity index (χ1v) is 17.4. The van der Waals surface area contributed by atoms with Crippen LogP contribution in [0.1, 0.15) is 61.8 Å². The fourth-order valence-corrected chi connectivity index (χ4v) is 13.0. The number of carbonyl (C=O) groups is 6. The molecule has 15 heteroatoms. The van der Waals surface area contributed by atoms with Crippen molar-refractivity contribution in [2.45, 2.75) is 122 Å². The summed E-state index contributed by atoms with van der Waals surface area (Å²) >= 11 is 0. The predicted octanol–water partition coefficient (Wildman–Crippen LogP) is 0.234. The van der Waals surface area contributed by atoms with Crippen LogP contribution in [-0.2, 0) is 61.9 Å². The zero-order chi connectivity index (χ0) is 36.4. The Balaban J connectivity index is 1.39. The summed E-state index contributed by atoms with van der Waals surface area (Å²) in [6.07, 6.45) is -7.80. The molecule has 15 nitrogen and oxygen atoms in total. The third-order valence-electron chi connectivity index (χ3n) is 14.9. The predicted molar refractivity (Wildman–Crippen MR) is 161 cm³/mol. The molecule has 0 radical (unpaired) electrons. The van der Waals surface area contributed by atoms with Crippen molar-refractivity contribution in [3.63, 3.8) is 0 Å². The van der Waals surface area contributed by atoms with E-state index in [9.17, 15) is 34.2 Å². The molecule has 0 amide bonds. The first kappa shape index (κ1) is 34.0. The van der Waals surface area contributed by atoms with Crippen LogP contribution < -0.4 is 0 Å². The van der Waals surface area contributed by atoms with E-state index in [2.05, 4.69) is 0 Å². The molecule has 5 saturated carbocycles. The maximum Gasteiger partial charge on any atom is 0.341 e. The summed E-state index contributed by atoms with van der Waals surface area (Å²) in [5.74, 6) is -11.3. The summed E-state index contributed by atoms with van der Waals surface area (Å²) in [5, 5.41) is 24.8. The van der Waals surface area contributed by atoms with Crippen molar-refractivity contribution in [3.05, 3.63) is 0 Å². The van der Waals surface area contributed by atoms with Crippen LogP contribution in [0.2, 0.25) is 0 Å². The first-order chi connectivity index (χ1) is 23.3. The molecule has 0 bridgehead atoms. The van der Waals surface area contributed by atoms with Crippen LogP contribution in [0.25, 0.3) is 0 Å². The number of aliphatic hydroxyl groups is 2. The van der Waals surface area contributed by atoms with Crippen molar-refractivity contribution in [2.75, 3.05) is 0 Å². The lowest BCUT2D eigenvalue weighted by Gasteiger charge is -2.65. The number of ether oxygens (including phenoxy) is 7. The lowest BCUT2D eigenvalue weighted by Crippen LogP contribution is -2.74. The molecule has 20 atom stereocenters. The quantitative estimate of drug-likeness (QED) is 0.170. The van der Waals surface area contributed by atoms with Gasteiger partial charge in [-0.2, -0.15) is 0 Å². The average Bonchev–Trinajstić information content (AvgIpc) is 3.92. The molecule has 8 rings (SSSR count). The highest BCUT2D eigenvalue weighted by Crippen LogP contribution is 2.80. The summed E-state index contributed by atoms with van der Waals surface area (Å²) in [4.78, 5) is 79.2. The zero-order valence-corrected chi connectivity index (χ0v) is 29.1. The fraction of sp³-hybridized carbons (Fsp3) is 0.829. The molecule has 0 aromatic heterocycles. The van der Waals surface area contributed by atoms with E-state index < -0.39 is 148 Å². The van der Waals surface area contributed by atoms with Gasteiger partial charge < -0.3 is 43.4 Å². The second kappa shape index (κ2) is 10.0. The average molecular weight is 705 g/mol. The lowest BCUT2D eigenvalue weighted by molar-refractivity contribution is -0.268. The van der Waals surface area contributed by atoms with Gasteiger partial charge in [0.05, 0.1) is 17.6 Å². The van der Waals surface area contributed by atoms with Crippen molar-refractivity contribution >= 4 is 36.1 Å². The summed E-state index contributed by atoms with van der Waals surface area (Å²) in [5.41, 5.74) is -6.34. The number of rotatable bonds is 5. The Labute approximate surface area is 287 Å². The molecule has 0 aromatic rings. The number of carbonyl (C=O) groups excluding carboxylic acids is 6. The summed E-state index contributed by atoms with van der Waals surface area (Å²) < 4.78 is 41.8. The number of aliphatic hydroxyl groups excluding tert-OH is 1. The Hall–Kier alpha value is -3.14. The van der Waals surface area contributed by atoms with E-state index >= 15 is 4.79 Å². The molecule has 3 aliphatic heterocycles. The molecule has 3 saturated heterocycles. The zero-order valence-electron chi connectivity index (χ0n) is 29.1. The van der Waals surface area contributed by atoms with E-state index in [1.807, 2.05) is 6.92 Å². The van der Waals surface area contributed by atoms with Crippen LogP contribution in [0.15, 0.2) is 0 Å². The van der Waals surface area contributed by atoms with E-state index in [4.69, 9.17) is 33.2 Å². The molecular weight excluding hydrogens is 660 g/mol. The third kappa shape index (κ3) is 3.65. The highest BCUT2D eigenvalue weighted by molar-refractivity contribution is 5.89. The summed E-state index contributed by atoms with van der Waals surface area (Å²) in [7, 11) is 0. The third-order valence-corrected chi connectivity index (χ3v) is 14.9. The minimum Gasteiger partial charge on any atom is -0.459 e. The van der Waals surface area contributed by atoms with Gasteiger partial charge in [0.2, 0.25) is 5.79 Å². The molecule has 1 unspecified atom stereocenters. The largest absolute Gasteiger partial charge is 0.459 e. The molecule has 8 aliphatic rings. The van der Waals surface area contributed by atoms with Gasteiger partial charge in [0, 0.05) is 61.2 Å². The summed E-state index contributed by atoms with van der Waals surface area (Å²) in [6, 6.07) is 0. The van der Waals surface area contributed by atoms with Crippen molar-refractivity contribution in [2.24, 2.45) is 57.7 Å². The second-order valence-corrected chi connectivity index (χ2v) is 16.8. The number of esters is 4. The number of epoxide rings is 2. The number of ketones is 1. The Bertz CT molecular complexity index is 1610. The highest BCUT2D eigenvalue weighted by Gasteiger charge is 2.93. The van der Waals surface area contributed by atoms with Gasteiger partial charge in [-0.1, -0.05) is 20.8 Å². The molecule has 0 aromatic carbocycles. The van der Waals surface area contributed by atoms with Gasteiger partial charge in [-0.3, -0.25) is 24.0 Å². The van der Waals surface area contributed by atoms with Gasteiger partial charge in [-0.15, -0.1) is 0 Å². The number of Topliss-reactive ketones (excluding diaryl/α,β-unsaturated/α-hetero) is 1. The topological polar surface area (TPSA) is 214 Å². The van der Waals surface area contributed by atoms with E-state index in [1.165, 1.54) is 27.7 Å². The van der Waals surface area contributed by atoms with Crippen LogP contribution in [-0.4, -0.2) is 107 Å². The summed E-state index contributed by atoms with van der Waals surface area (Å²) in [6.45, 7) is 12.2. The van der Waals surface area contributed by atoms with E-state index in [0.29, 0.717) is 0 Å². The van der Waals surface area contributed by atoms with Crippen molar-refractivity contribution < 1.29 is 72.1 Å². The highest BCUT2D eigenvalue weighted by atomic mass is 16.8. The SMILES string of the molecule is CC(=O)O[C@H]1[C@H]2[C@@H](C(=O)C(OC=O)[C@H]3C[C@@H]4O[C@@H]4[C@H](OC(C)=O)[C@]23C)[C@@H]2[C@@H](O)[C@@H]3[C@H]([C@H](C)[C@H]4O[C@]45OC(=O)[C@@](C)(O)[C@]35C)[C@@]2(C)[C@H]1OC(C)=O. The Morgan fingerprint density at radius 1 is 0.880 bits per heavy atom. The van der Waals surface area contributed by atoms with Crippen molar-refractivity contribution in [1.82, 2.24) is 0 Å². The number of fused-ring (bicyclic) bond motifs is 9. The first-order valence-electron chi connectivity index (χ1n) is 17.4.